The van der Waals surface area contributed by atoms with E-state index in [1.807, 2.05) is 0 Å². The monoisotopic (exact) mass is 425 g/mol. The number of amides is 1. The number of thiophene rings is 1. The molecular weight excluding hydrogens is 402 g/mol. The van der Waals surface area contributed by atoms with E-state index in [0.29, 0.717) is 10.4 Å². The predicted octanol–water partition coefficient (Wildman–Crippen LogP) is 3.32. The van der Waals surface area contributed by atoms with Crippen molar-refractivity contribution < 1.29 is 27.5 Å². The standard InChI is InChI=1S/C19H23NO6S2/c1-19(2,3)26-18(22)20-12-14-9-10-17(27-14)28(23,24)15-8-6-5-7-13(15)11-16(21)25-4/h5-10H,11-12H2,1-4H3,(H,20,22). The van der Waals surface area contributed by atoms with Gasteiger partial charge in [-0.15, -0.1) is 11.3 Å². The van der Waals surface area contributed by atoms with Gasteiger partial charge in [0, 0.05) is 4.88 Å². The Balaban J connectivity index is 2.18. The summed E-state index contributed by atoms with van der Waals surface area (Å²) in [6, 6.07) is 9.45. The molecule has 0 aliphatic carbocycles. The van der Waals surface area contributed by atoms with Crippen molar-refractivity contribution in [3.05, 3.63) is 46.8 Å². The second-order valence-corrected chi connectivity index (χ2v) is 10.3. The number of hydrogen-bond donors (Lipinski definition) is 1. The van der Waals surface area contributed by atoms with Gasteiger partial charge < -0.3 is 14.8 Å². The van der Waals surface area contributed by atoms with Crippen LogP contribution in [-0.2, 0) is 37.1 Å². The summed E-state index contributed by atoms with van der Waals surface area (Å²) in [7, 11) is -2.55. The van der Waals surface area contributed by atoms with E-state index in [-0.39, 0.29) is 22.1 Å². The summed E-state index contributed by atoms with van der Waals surface area (Å²) in [5.41, 5.74) is -0.242. The molecule has 0 spiro atoms. The lowest BCUT2D eigenvalue weighted by Crippen LogP contribution is -2.31. The summed E-state index contributed by atoms with van der Waals surface area (Å²) < 4.78 is 35.9. The van der Waals surface area contributed by atoms with Crippen LogP contribution in [0.4, 0.5) is 4.79 Å². The van der Waals surface area contributed by atoms with Gasteiger partial charge in [0.25, 0.3) is 0 Å². The average molecular weight is 426 g/mol. The number of nitrogens with one attached hydrogen (secondary N) is 1. The molecule has 152 valence electrons. The lowest BCUT2D eigenvalue weighted by molar-refractivity contribution is -0.139. The van der Waals surface area contributed by atoms with E-state index in [4.69, 9.17) is 4.74 Å². The van der Waals surface area contributed by atoms with Gasteiger partial charge in [-0.3, -0.25) is 4.79 Å². The van der Waals surface area contributed by atoms with Crippen molar-refractivity contribution in [1.82, 2.24) is 5.32 Å². The lowest BCUT2D eigenvalue weighted by atomic mass is 10.1. The highest BCUT2D eigenvalue weighted by Gasteiger charge is 2.24. The summed E-state index contributed by atoms with van der Waals surface area (Å²) in [6.07, 6.45) is -0.710. The van der Waals surface area contributed by atoms with Crippen LogP contribution < -0.4 is 5.32 Å². The highest BCUT2D eigenvalue weighted by Crippen LogP contribution is 2.30. The highest BCUT2D eigenvalue weighted by atomic mass is 32.2. The van der Waals surface area contributed by atoms with Gasteiger partial charge in [-0.25, -0.2) is 13.2 Å². The molecule has 1 amide bonds. The maximum absolute atomic E-state index is 13.0. The van der Waals surface area contributed by atoms with Gasteiger partial charge in [-0.2, -0.15) is 0 Å². The summed E-state index contributed by atoms with van der Waals surface area (Å²) in [6.45, 7) is 5.43. The lowest BCUT2D eigenvalue weighted by Gasteiger charge is -2.19. The molecule has 28 heavy (non-hydrogen) atoms. The fourth-order valence-corrected chi connectivity index (χ4v) is 5.23. The SMILES string of the molecule is COC(=O)Cc1ccccc1S(=O)(=O)c1ccc(CNC(=O)OC(C)(C)C)s1. The van der Waals surface area contributed by atoms with Crippen molar-refractivity contribution in [2.75, 3.05) is 7.11 Å². The Morgan fingerprint density at radius 2 is 1.79 bits per heavy atom. The molecule has 2 aromatic rings. The molecule has 1 aromatic carbocycles. The smallest absolute Gasteiger partial charge is 0.407 e. The normalized spacial score (nSPS) is 11.7. The fraction of sp³-hybridized carbons (Fsp3) is 0.368. The molecule has 1 aromatic heterocycles. The van der Waals surface area contributed by atoms with Gasteiger partial charge in [0.2, 0.25) is 9.84 Å². The molecule has 0 atom stereocenters. The first-order valence-electron chi connectivity index (χ1n) is 8.48. The van der Waals surface area contributed by atoms with Crippen LogP contribution in [-0.4, -0.2) is 33.2 Å². The minimum Gasteiger partial charge on any atom is -0.469 e. The van der Waals surface area contributed by atoms with Crippen LogP contribution in [0.3, 0.4) is 0 Å². The number of carbonyl (C=O) groups excluding carboxylic acids is 2. The molecule has 1 heterocycles. The molecule has 0 saturated heterocycles. The second kappa shape index (κ2) is 8.74. The summed E-state index contributed by atoms with van der Waals surface area (Å²) in [5, 5.41) is 2.60. The molecule has 9 heteroatoms. The molecule has 0 radical (unpaired) electrons. The second-order valence-electron chi connectivity index (χ2n) is 6.94. The van der Waals surface area contributed by atoms with E-state index >= 15 is 0 Å². The van der Waals surface area contributed by atoms with Crippen LogP contribution in [0, 0.1) is 0 Å². The fourth-order valence-electron chi connectivity index (χ4n) is 2.32. The Hall–Kier alpha value is -2.39. The topological polar surface area (TPSA) is 98.8 Å². The minimum atomic E-state index is -3.80. The van der Waals surface area contributed by atoms with Gasteiger partial charge in [0.05, 0.1) is 25.0 Å². The molecule has 0 unspecified atom stereocenters. The third kappa shape index (κ3) is 5.80. The number of carbonyl (C=O) groups is 2. The molecular formula is C19H23NO6S2. The molecule has 0 fully saturated rings. The van der Waals surface area contributed by atoms with Gasteiger partial charge in [-0.05, 0) is 44.5 Å². The number of ether oxygens (including phenoxy) is 2. The Morgan fingerprint density at radius 3 is 2.43 bits per heavy atom. The zero-order valence-electron chi connectivity index (χ0n) is 16.1. The maximum Gasteiger partial charge on any atom is 0.407 e. The Labute approximate surface area is 168 Å². The van der Waals surface area contributed by atoms with E-state index in [9.17, 15) is 18.0 Å². The van der Waals surface area contributed by atoms with Crippen molar-refractivity contribution in [3.63, 3.8) is 0 Å². The van der Waals surface area contributed by atoms with Crippen LogP contribution >= 0.6 is 11.3 Å². The minimum absolute atomic E-state index is 0.0638. The Morgan fingerprint density at radius 1 is 1.11 bits per heavy atom. The molecule has 0 bridgehead atoms. The summed E-state index contributed by atoms with van der Waals surface area (Å²) >= 11 is 1.05. The van der Waals surface area contributed by atoms with Crippen LogP contribution in [0.2, 0.25) is 0 Å². The van der Waals surface area contributed by atoms with Gasteiger partial charge >= 0.3 is 12.1 Å². The number of esters is 1. The Bertz CT molecular complexity index is 957. The van der Waals surface area contributed by atoms with E-state index in [0.717, 1.165) is 11.3 Å². The predicted molar refractivity (Wildman–Crippen MR) is 105 cm³/mol. The molecule has 2 rings (SSSR count). The van der Waals surface area contributed by atoms with E-state index < -0.39 is 27.5 Å². The van der Waals surface area contributed by atoms with Crippen molar-refractivity contribution in [1.29, 1.82) is 0 Å². The number of rotatable bonds is 6. The quantitative estimate of drug-likeness (QED) is 0.713. The highest BCUT2D eigenvalue weighted by molar-refractivity contribution is 7.93. The zero-order valence-corrected chi connectivity index (χ0v) is 17.8. The van der Waals surface area contributed by atoms with Crippen molar-refractivity contribution in [2.24, 2.45) is 0 Å². The number of alkyl carbamates (subject to hydrolysis) is 1. The molecule has 0 saturated carbocycles. The first-order valence-corrected chi connectivity index (χ1v) is 10.8. The van der Waals surface area contributed by atoms with E-state index in [1.54, 1.807) is 45.0 Å². The van der Waals surface area contributed by atoms with Crippen molar-refractivity contribution in [3.8, 4) is 0 Å². The molecule has 0 aliphatic heterocycles. The molecule has 7 nitrogen and oxygen atoms in total. The summed E-state index contributed by atoms with van der Waals surface area (Å²) in [5.74, 6) is -0.518. The van der Waals surface area contributed by atoms with Crippen molar-refractivity contribution >= 4 is 33.2 Å². The third-order valence-corrected chi connectivity index (χ3v) is 6.96. The summed E-state index contributed by atoms with van der Waals surface area (Å²) in [4.78, 5) is 24.1. The van der Waals surface area contributed by atoms with Gasteiger partial charge in [0.15, 0.2) is 0 Å². The van der Waals surface area contributed by atoms with Gasteiger partial charge in [-0.1, -0.05) is 18.2 Å². The first-order chi connectivity index (χ1) is 13.0. The number of sulfone groups is 1. The van der Waals surface area contributed by atoms with Crippen LogP contribution in [0.5, 0.6) is 0 Å². The maximum atomic E-state index is 13.0. The number of hydrogen-bond acceptors (Lipinski definition) is 7. The zero-order chi connectivity index (χ0) is 20.9. The van der Waals surface area contributed by atoms with E-state index in [2.05, 4.69) is 10.1 Å². The third-order valence-electron chi connectivity index (χ3n) is 3.53. The van der Waals surface area contributed by atoms with Gasteiger partial charge in [0.1, 0.15) is 9.81 Å². The van der Waals surface area contributed by atoms with Crippen LogP contribution in [0.15, 0.2) is 45.5 Å². The van der Waals surface area contributed by atoms with Crippen LogP contribution in [0.25, 0.3) is 0 Å². The number of benzene rings is 1. The number of methoxy groups -OCH3 is 1. The van der Waals surface area contributed by atoms with Crippen molar-refractivity contribution in [2.45, 2.75) is 48.4 Å². The van der Waals surface area contributed by atoms with E-state index in [1.165, 1.54) is 19.2 Å². The first kappa shape index (κ1) is 21.9. The molecule has 0 aliphatic rings. The average Bonchev–Trinajstić information content (AvgIpc) is 3.08. The Kier molecular flexibility index (Phi) is 6.84. The molecule has 1 N–H and O–H groups in total. The largest absolute Gasteiger partial charge is 0.469 e. The van der Waals surface area contributed by atoms with Crippen LogP contribution in [0.1, 0.15) is 31.2 Å².